The molecule has 0 radical (unpaired) electrons. The summed E-state index contributed by atoms with van der Waals surface area (Å²) in [6.07, 6.45) is 2.79. The highest BCUT2D eigenvalue weighted by Gasteiger charge is 2.25. The van der Waals surface area contributed by atoms with Gasteiger partial charge in [0.25, 0.3) is 0 Å². The number of aliphatic carboxylic acids is 1. The lowest BCUT2D eigenvalue weighted by Gasteiger charge is -2.24. The molecule has 0 aliphatic rings. The Morgan fingerprint density at radius 1 is 1.53 bits per heavy atom. The molecule has 1 atom stereocenters. The molecule has 17 heavy (non-hydrogen) atoms. The van der Waals surface area contributed by atoms with Crippen LogP contribution in [-0.4, -0.2) is 48.2 Å². The largest absolute Gasteiger partial charge is 0.480 e. The lowest BCUT2D eigenvalue weighted by molar-refractivity contribution is -0.149. The lowest BCUT2D eigenvalue weighted by Crippen LogP contribution is -2.43. The van der Waals surface area contributed by atoms with E-state index in [1.54, 1.807) is 6.08 Å². The van der Waals surface area contributed by atoms with Gasteiger partial charge in [0.2, 0.25) is 5.91 Å². The molecule has 5 heteroatoms. The van der Waals surface area contributed by atoms with Gasteiger partial charge in [0.1, 0.15) is 6.04 Å². The highest BCUT2D eigenvalue weighted by atomic mass is 16.5. The SMILES string of the molecule is C=CCCC(=O)N(C)[C@@H](CCOCC)C(=O)O. The van der Waals surface area contributed by atoms with Crippen LogP contribution in [0.2, 0.25) is 0 Å². The monoisotopic (exact) mass is 243 g/mol. The maximum absolute atomic E-state index is 11.7. The molecular formula is C12H21NO4. The quantitative estimate of drug-likeness (QED) is 0.489. The molecule has 98 valence electrons. The zero-order valence-corrected chi connectivity index (χ0v) is 10.5. The molecule has 1 amide bonds. The van der Waals surface area contributed by atoms with E-state index >= 15 is 0 Å². The van der Waals surface area contributed by atoms with E-state index in [-0.39, 0.29) is 5.91 Å². The fraction of sp³-hybridized carbons (Fsp3) is 0.667. The Kier molecular flexibility index (Phi) is 8.05. The molecule has 0 aliphatic carbocycles. The molecule has 0 aliphatic heterocycles. The molecule has 0 rings (SSSR count). The summed E-state index contributed by atoms with van der Waals surface area (Å²) in [5, 5.41) is 9.05. The van der Waals surface area contributed by atoms with Crippen molar-refractivity contribution in [1.29, 1.82) is 0 Å². The average Bonchev–Trinajstić information content (AvgIpc) is 2.30. The van der Waals surface area contributed by atoms with Crippen LogP contribution < -0.4 is 0 Å². The minimum Gasteiger partial charge on any atom is -0.480 e. The molecule has 0 fully saturated rings. The van der Waals surface area contributed by atoms with Gasteiger partial charge in [-0.2, -0.15) is 0 Å². The van der Waals surface area contributed by atoms with Gasteiger partial charge in [-0.1, -0.05) is 6.08 Å². The smallest absolute Gasteiger partial charge is 0.326 e. The van der Waals surface area contributed by atoms with E-state index in [1.807, 2.05) is 6.92 Å². The fourth-order valence-electron chi connectivity index (χ4n) is 1.40. The van der Waals surface area contributed by atoms with Gasteiger partial charge in [-0.25, -0.2) is 4.79 Å². The number of nitrogens with zero attached hydrogens (tertiary/aromatic N) is 1. The first-order valence-electron chi connectivity index (χ1n) is 5.71. The van der Waals surface area contributed by atoms with Gasteiger partial charge in [-0.15, -0.1) is 6.58 Å². The standard InChI is InChI=1S/C12H21NO4/c1-4-6-7-11(14)13(3)10(12(15)16)8-9-17-5-2/h4,10H,1,5-9H2,2-3H3,(H,15,16)/t10-/m0/s1. The number of hydrogen-bond acceptors (Lipinski definition) is 3. The number of carboxylic acid groups (broad SMARTS) is 1. The normalized spacial score (nSPS) is 11.9. The molecule has 0 spiro atoms. The summed E-state index contributed by atoms with van der Waals surface area (Å²) in [5.74, 6) is -1.19. The third kappa shape index (κ3) is 6.06. The van der Waals surface area contributed by atoms with Crippen molar-refractivity contribution in [1.82, 2.24) is 4.90 Å². The maximum Gasteiger partial charge on any atom is 0.326 e. The Morgan fingerprint density at radius 2 is 2.18 bits per heavy atom. The molecule has 0 aromatic heterocycles. The van der Waals surface area contributed by atoms with Gasteiger partial charge in [-0.05, 0) is 13.3 Å². The Balaban J connectivity index is 4.31. The molecule has 0 aromatic carbocycles. The van der Waals surface area contributed by atoms with Crippen LogP contribution in [0, 0.1) is 0 Å². The highest BCUT2D eigenvalue weighted by Crippen LogP contribution is 2.07. The molecule has 0 bridgehead atoms. The molecule has 0 unspecified atom stereocenters. The van der Waals surface area contributed by atoms with Gasteiger partial charge in [-0.3, -0.25) is 4.79 Å². The van der Waals surface area contributed by atoms with E-state index in [9.17, 15) is 9.59 Å². The van der Waals surface area contributed by atoms with E-state index in [4.69, 9.17) is 9.84 Å². The number of ether oxygens (including phenoxy) is 1. The van der Waals surface area contributed by atoms with Gasteiger partial charge in [0.05, 0.1) is 0 Å². The summed E-state index contributed by atoms with van der Waals surface area (Å²) in [4.78, 5) is 24.0. The van der Waals surface area contributed by atoms with Crippen molar-refractivity contribution in [2.45, 2.75) is 32.2 Å². The Hall–Kier alpha value is -1.36. The van der Waals surface area contributed by atoms with Crippen LogP contribution in [0.5, 0.6) is 0 Å². The number of carbonyl (C=O) groups is 2. The zero-order chi connectivity index (χ0) is 13.3. The number of carboxylic acids is 1. The molecule has 1 N–H and O–H groups in total. The molecular weight excluding hydrogens is 222 g/mol. The van der Waals surface area contributed by atoms with Crippen LogP contribution in [-0.2, 0) is 14.3 Å². The van der Waals surface area contributed by atoms with Gasteiger partial charge in [0, 0.05) is 33.1 Å². The number of likely N-dealkylation sites (N-methyl/N-ethyl adjacent to an activating group) is 1. The summed E-state index contributed by atoms with van der Waals surface area (Å²) >= 11 is 0. The van der Waals surface area contributed by atoms with E-state index < -0.39 is 12.0 Å². The number of hydrogen-bond donors (Lipinski definition) is 1. The van der Waals surface area contributed by atoms with E-state index in [2.05, 4.69) is 6.58 Å². The van der Waals surface area contributed by atoms with Crippen molar-refractivity contribution < 1.29 is 19.4 Å². The van der Waals surface area contributed by atoms with Crippen molar-refractivity contribution in [3.8, 4) is 0 Å². The van der Waals surface area contributed by atoms with Gasteiger partial charge >= 0.3 is 5.97 Å². The van der Waals surface area contributed by atoms with Crippen LogP contribution in [0.1, 0.15) is 26.2 Å². The second kappa shape index (κ2) is 8.75. The zero-order valence-electron chi connectivity index (χ0n) is 10.5. The fourth-order valence-corrected chi connectivity index (χ4v) is 1.40. The minimum atomic E-state index is -1.00. The minimum absolute atomic E-state index is 0.186. The summed E-state index contributed by atoms with van der Waals surface area (Å²) in [6, 6.07) is -0.820. The Bertz CT molecular complexity index is 265. The number of carbonyl (C=O) groups excluding carboxylic acids is 1. The van der Waals surface area contributed by atoms with E-state index in [1.165, 1.54) is 11.9 Å². The predicted molar refractivity (Wildman–Crippen MR) is 64.7 cm³/mol. The van der Waals surface area contributed by atoms with Crippen LogP contribution in [0.4, 0.5) is 0 Å². The average molecular weight is 243 g/mol. The first kappa shape index (κ1) is 15.6. The molecule has 0 saturated heterocycles. The van der Waals surface area contributed by atoms with Gasteiger partial charge in [0.15, 0.2) is 0 Å². The second-order valence-electron chi connectivity index (χ2n) is 3.67. The third-order valence-electron chi connectivity index (χ3n) is 2.45. The Labute approximate surface area is 102 Å². The van der Waals surface area contributed by atoms with Crippen LogP contribution in [0.25, 0.3) is 0 Å². The first-order chi connectivity index (χ1) is 8.04. The highest BCUT2D eigenvalue weighted by molar-refractivity contribution is 5.83. The maximum atomic E-state index is 11.7. The molecule has 0 saturated carbocycles. The number of rotatable bonds is 9. The van der Waals surface area contributed by atoms with Crippen molar-refractivity contribution in [2.75, 3.05) is 20.3 Å². The van der Waals surface area contributed by atoms with Crippen molar-refractivity contribution >= 4 is 11.9 Å². The topological polar surface area (TPSA) is 66.8 Å². The van der Waals surface area contributed by atoms with Crippen molar-refractivity contribution in [3.63, 3.8) is 0 Å². The van der Waals surface area contributed by atoms with Crippen LogP contribution >= 0.6 is 0 Å². The van der Waals surface area contributed by atoms with Crippen molar-refractivity contribution in [3.05, 3.63) is 12.7 Å². The Morgan fingerprint density at radius 3 is 2.65 bits per heavy atom. The first-order valence-corrected chi connectivity index (χ1v) is 5.71. The summed E-state index contributed by atoms with van der Waals surface area (Å²) in [6.45, 7) is 6.25. The summed E-state index contributed by atoms with van der Waals surface area (Å²) in [5.41, 5.74) is 0. The third-order valence-corrected chi connectivity index (χ3v) is 2.45. The predicted octanol–water partition coefficient (Wildman–Crippen LogP) is 1.29. The van der Waals surface area contributed by atoms with Gasteiger partial charge < -0.3 is 14.7 Å². The number of amides is 1. The molecule has 5 nitrogen and oxygen atoms in total. The lowest BCUT2D eigenvalue weighted by atomic mass is 10.1. The number of allylic oxidation sites excluding steroid dienone is 1. The van der Waals surface area contributed by atoms with Crippen LogP contribution in [0.3, 0.4) is 0 Å². The summed E-state index contributed by atoms with van der Waals surface area (Å²) in [7, 11) is 1.51. The van der Waals surface area contributed by atoms with E-state index in [0.29, 0.717) is 32.5 Å². The van der Waals surface area contributed by atoms with E-state index in [0.717, 1.165) is 0 Å². The molecule has 0 heterocycles. The molecule has 0 aromatic rings. The van der Waals surface area contributed by atoms with Crippen LogP contribution in [0.15, 0.2) is 12.7 Å². The summed E-state index contributed by atoms with van der Waals surface area (Å²) < 4.78 is 5.11. The second-order valence-corrected chi connectivity index (χ2v) is 3.67. The van der Waals surface area contributed by atoms with Crippen molar-refractivity contribution in [2.24, 2.45) is 0 Å².